The van der Waals surface area contributed by atoms with Crippen molar-refractivity contribution in [3.05, 3.63) is 24.3 Å². The van der Waals surface area contributed by atoms with Crippen LogP contribution in [0.1, 0.15) is 6.42 Å². The van der Waals surface area contributed by atoms with Crippen molar-refractivity contribution in [3.8, 4) is 11.5 Å². The zero-order chi connectivity index (χ0) is 12.8. The second-order valence-electron chi connectivity index (χ2n) is 4.74. The van der Waals surface area contributed by atoms with Crippen LogP contribution in [0.4, 0.5) is 0 Å². The Balaban J connectivity index is 1.88. The molecule has 4 heteroatoms. The van der Waals surface area contributed by atoms with Crippen molar-refractivity contribution < 1.29 is 9.47 Å². The standard InChI is InChI=1S/C14H22N2O2/c1-17-13-3-2-4-14(7-13)18-10-12(8-15)11-5-6-16-9-11/h2-4,7,11-12,16H,5-6,8-10,15H2,1H3. The summed E-state index contributed by atoms with van der Waals surface area (Å²) in [4.78, 5) is 0. The zero-order valence-electron chi connectivity index (χ0n) is 10.9. The zero-order valence-corrected chi connectivity index (χ0v) is 10.9. The van der Waals surface area contributed by atoms with Gasteiger partial charge in [0.25, 0.3) is 0 Å². The van der Waals surface area contributed by atoms with Gasteiger partial charge in [-0.1, -0.05) is 6.07 Å². The van der Waals surface area contributed by atoms with E-state index in [1.807, 2.05) is 24.3 Å². The molecule has 1 aromatic rings. The third-order valence-corrected chi connectivity index (χ3v) is 3.57. The van der Waals surface area contributed by atoms with Crippen LogP contribution in [-0.2, 0) is 0 Å². The molecule has 2 unspecified atom stereocenters. The molecule has 1 aliphatic heterocycles. The first-order chi connectivity index (χ1) is 8.83. The largest absolute Gasteiger partial charge is 0.497 e. The predicted octanol–water partition coefficient (Wildman–Crippen LogP) is 1.26. The topological polar surface area (TPSA) is 56.5 Å². The van der Waals surface area contributed by atoms with Crippen LogP contribution in [0.15, 0.2) is 24.3 Å². The monoisotopic (exact) mass is 250 g/mol. The molecule has 0 bridgehead atoms. The molecule has 0 amide bonds. The Morgan fingerprint density at radius 3 is 2.94 bits per heavy atom. The summed E-state index contributed by atoms with van der Waals surface area (Å²) in [6.45, 7) is 3.51. The van der Waals surface area contributed by atoms with Gasteiger partial charge in [-0.2, -0.15) is 0 Å². The number of methoxy groups -OCH3 is 1. The van der Waals surface area contributed by atoms with E-state index in [0.29, 0.717) is 25.0 Å². The van der Waals surface area contributed by atoms with Crippen molar-refractivity contribution in [1.82, 2.24) is 5.32 Å². The predicted molar refractivity (Wildman–Crippen MR) is 72.0 cm³/mol. The fourth-order valence-corrected chi connectivity index (χ4v) is 2.37. The molecule has 2 rings (SSSR count). The van der Waals surface area contributed by atoms with E-state index in [1.165, 1.54) is 6.42 Å². The van der Waals surface area contributed by atoms with Gasteiger partial charge in [0, 0.05) is 12.0 Å². The highest BCUT2D eigenvalue weighted by Crippen LogP contribution is 2.22. The summed E-state index contributed by atoms with van der Waals surface area (Å²) in [7, 11) is 1.66. The van der Waals surface area contributed by atoms with E-state index in [-0.39, 0.29) is 0 Å². The lowest BCUT2D eigenvalue weighted by molar-refractivity contribution is 0.205. The van der Waals surface area contributed by atoms with Gasteiger partial charge < -0.3 is 20.5 Å². The molecule has 3 N–H and O–H groups in total. The molecule has 0 aromatic heterocycles. The van der Waals surface area contributed by atoms with E-state index in [2.05, 4.69) is 5.32 Å². The van der Waals surface area contributed by atoms with E-state index in [9.17, 15) is 0 Å². The molecule has 100 valence electrons. The summed E-state index contributed by atoms with van der Waals surface area (Å²) < 4.78 is 11.0. The first-order valence-corrected chi connectivity index (χ1v) is 6.51. The van der Waals surface area contributed by atoms with Crippen molar-refractivity contribution >= 4 is 0 Å². The van der Waals surface area contributed by atoms with Crippen molar-refractivity contribution in [1.29, 1.82) is 0 Å². The van der Waals surface area contributed by atoms with E-state index in [4.69, 9.17) is 15.2 Å². The normalized spacial score (nSPS) is 20.7. The Hall–Kier alpha value is -1.26. The molecule has 0 spiro atoms. The number of benzene rings is 1. The lowest BCUT2D eigenvalue weighted by Gasteiger charge is -2.21. The van der Waals surface area contributed by atoms with Gasteiger partial charge >= 0.3 is 0 Å². The summed E-state index contributed by atoms with van der Waals surface area (Å²) in [5, 5.41) is 3.37. The second kappa shape index (κ2) is 6.61. The fraction of sp³-hybridized carbons (Fsp3) is 0.571. The molecular formula is C14H22N2O2. The summed E-state index contributed by atoms with van der Waals surface area (Å²) >= 11 is 0. The highest BCUT2D eigenvalue weighted by Gasteiger charge is 2.24. The highest BCUT2D eigenvalue weighted by molar-refractivity contribution is 5.32. The first kappa shape index (κ1) is 13.2. The first-order valence-electron chi connectivity index (χ1n) is 6.51. The minimum atomic E-state index is 0.422. The molecular weight excluding hydrogens is 228 g/mol. The van der Waals surface area contributed by atoms with Crippen molar-refractivity contribution in [3.63, 3.8) is 0 Å². The number of hydrogen-bond donors (Lipinski definition) is 2. The number of hydrogen-bond acceptors (Lipinski definition) is 4. The molecule has 0 aliphatic carbocycles. The van der Waals surface area contributed by atoms with Gasteiger partial charge in [-0.25, -0.2) is 0 Å². The van der Waals surface area contributed by atoms with Crippen LogP contribution in [-0.4, -0.2) is 33.4 Å². The minimum Gasteiger partial charge on any atom is -0.497 e. The van der Waals surface area contributed by atoms with Gasteiger partial charge in [-0.05, 0) is 44.1 Å². The van der Waals surface area contributed by atoms with Crippen LogP contribution in [0.2, 0.25) is 0 Å². The van der Waals surface area contributed by atoms with E-state index in [0.717, 1.165) is 24.6 Å². The van der Waals surface area contributed by atoms with Gasteiger partial charge in [0.1, 0.15) is 11.5 Å². The van der Waals surface area contributed by atoms with Gasteiger partial charge in [0.05, 0.1) is 13.7 Å². The average molecular weight is 250 g/mol. The average Bonchev–Trinajstić information content (AvgIpc) is 2.94. The van der Waals surface area contributed by atoms with Gasteiger partial charge in [0.15, 0.2) is 0 Å². The lowest BCUT2D eigenvalue weighted by Crippen LogP contribution is -2.30. The molecule has 1 fully saturated rings. The van der Waals surface area contributed by atoms with E-state index in [1.54, 1.807) is 7.11 Å². The molecule has 1 saturated heterocycles. The van der Waals surface area contributed by atoms with Gasteiger partial charge in [-0.3, -0.25) is 0 Å². The van der Waals surface area contributed by atoms with Crippen LogP contribution in [0.3, 0.4) is 0 Å². The van der Waals surface area contributed by atoms with E-state index >= 15 is 0 Å². The molecule has 0 saturated carbocycles. The molecule has 18 heavy (non-hydrogen) atoms. The smallest absolute Gasteiger partial charge is 0.122 e. The number of ether oxygens (including phenoxy) is 2. The van der Waals surface area contributed by atoms with Crippen LogP contribution >= 0.6 is 0 Å². The summed E-state index contributed by atoms with van der Waals surface area (Å²) in [6.07, 6.45) is 1.20. The lowest BCUT2D eigenvalue weighted by atomic mass is 9.92. The van der Waals surface area contributed by atoms with Crippen LogP contribution in [0.25, 0.3) is 0 Å². The molecule has 1 aliphatic rings. The fourth-order valence-electron chi connectivity index (χ4n) is 2.37. The van der Waals surface area contributed by atoms with Crippen LogP contribution < -0.4 is 20.5 Å². The SMILES string of the molecule is COc1cccc(OCC(CN)C2CCNC2)c1. The van der Waals surface area contributed by atoms with Crippen molar-refractivity contribution in [2.75, 3.05) is 33.4 Å². The molecule has 4 nitrogen and oxygen atoms in total. The molecule has 2 atom stereocenters. The Morgan fingerprint density at radius 1 is 1.44 bits per heavy atom. The highest BCUT2D eigenvalue weighted by atomic mass is 16.5. The maximum Gasteiger partial charge on any atom is 0.122 e. The van der Waals surface area contributed by atoms with Crippen LogP contribution in [0, 0.1) is 11.8 Å². The third-order valence-electron chi connectivity index (χ3n) is 3.57. The number of nitrogens with one attached hydrogen (secondary N) is 1. The van der Waals surface area contributed by atoms with Gasteiger partial charge in [0.2, 0.25) is 0 Å². The summed E-state index contributed by atoms with van der Waals surface area (Å²) in [6, 6.07) is 7.69. The second-order valence-corrected chi connectivity index (χ2v) is 4.74. The Morgan fingerprint density at radius 2 is 2.28 bits per heavy atom. The van der Waals surface area contributed by atoms with Crippen LogP contribution in [0.5, 0.6) is 11.5 Å². The molecule has 0 radical (unpaired) electrons. The quantitative estimate of drug-likeness (QED) is 0.798. The maximum absolute atomic E-state index is 5.84. The molecule has 1 heterocycles. The Kier molecular flexibility index (Phi) is 4.84. The molecule has 1 aromatic carbocycles. The van der Waals surface area contributed by atoms with Crippen molar-refractivity contribution in [2.24, 2.45) is 17.6 Å². The Bertz CT molecular complexity index is 365. The number of rotatable bonds is 6. The third kappa shape index (κ3) is 3.37. The minimum absolute atomic E-state index is 0.422. The maximum atomic E-state index is 5.84. The van der Waals surface area contributed by atoms with Crippen molar-refractivity contribution in [2.45, 2.75) is 6.42 Å². The number of nitrogens with two attached hydrogens (primary N) is 1. The van der Waals surface area contributed by atoms with Gasteiger partial charge in [-0.15, -0.1) is 0 Å². The Labute approximate surface area is 108 Å². The summed E-state index contributed by atoms with van der Waals surface area (Å²) in [5.74, 6) is 2.73. The summed E-state index contributed by atoms with van der Waals surface area (Å²) in [5.41, 5.74) is 5.84. The van der Waals surface area contributed by atoms with E-state index < -0.39 is 0 Å².